The van der Waals surface area contributed by atoms with Crippen molar-refractivity contribution in [1.82, 2.24) is 0 Å². The number of benzene rings is 1. The van der Waals surface area contributed by atoms with Crippen molar-refractivity contribution in [2.24, 2.45) is 5.92 Å². The first-order valence-electron chi connectivity index (χ1n) is 6.59. The summed E-state index contributed by atoms with van der Waals surface area (Å²) >= 11 is 0.844. The second kappa shape index (κ2) is 9.77. The van der Waals surface area contributed by atoms with E-state index >= 15 is 0 Å². The Morgan fingerprint density at radius 3 is 2.65 bits per heavy atom. The van der Waals surface area contributed by atoms with Gasteiger partial charge in [0.1, 0.15) is 0 Å². The summed E-state index contributed by atoms with van der Waals surface area (Å²) in [6.07, 6.45) is 3.37. The van der Waals surface area contributed by atoms with Crippen molar-refractivity contribution in [3.63, 3.8) is 0 Å². The van der Waals surface area contributed by atoms with Gasteiger partial charge in [0, 0.05) is 4.90 Å². The SMILES string of the molecule is CCCCC(C)COC(=O)c1ccc(SOOO)cc1. The summed E-state index contributed by atoms with van der Waals surface area (Å²) in [5, 5.41) is 11.5. The Labute approximate surface area is 123 Å². The van der Waals surface area contributed by atoms with Crippen LogP contribution in [0.2, 0.25) is 0 Å². The molecule has 0 bridgehead atoms. The Hall–Kier alpha value is -1.08. The molecule has 0 amide bonds. The number of carbonyl (C=O) groups is 1. The number of ether oxygens (including phenoxy) is 1. The van der Waals surface area contributed by atoms with Gasteiger partial charge in [-0.25, -0.2) is 10.1 Å². The van der Waals surface area contributed by atoms with Gasteiger partial charge in [0.25, 0.3) is 0 Å². The average Bonchev–Trinajstić information content (AvgIpc) is 2.49. The Morgan fingerprint density at radius 2 is 2.05 bits per heavy atom. The summed E-state index contributed by atoms with van der Waals surface area (Å²) < 4.78 is 9.56. The van der Waals surface area contributed by atoms with Gasteiger partial charge in [0.2, 0.25) is 0 Å². The zero-order chi connectivity index (χ0) is 14.8. The van der Waals surface area contributed by atoms with Crippen LogP contribution in [0, 0.1) is 5.92 Å². The van der Waals surface area contributed by atoms with Gasteiger partial charge >= 0.3 is 5.97 Å². The van der Waals surface area contributed by atoms with E-state index in [1.807, 2.05) is 0 Å². The van der Waals surface area contributed by atoms with E-state index in [1.54, 1.807) is 24.3 Å². The third-order valence-corrected chi connectivity index (χ3v) is 3.39. The van der Waals surface area contributed by atoms with Crippen LogP contribution in [0.5, 0.6) is 0 Å². The summed E-state index contributed by atoms with van der Waals surface area (Å²) in [5.41, 5.74) is 0.488. The van der Waals surface area contributed by atoms with Gasteiger partial charge in [-0.15, -0.1) is 4.33 Å². The van der Waals surface area contributed by atoms with Crippen LogP contribution in [0.15, 0.2) is 29.2 Å². The first-order valence-corrected chi connectivity index (χ1v) is 7.33. The molecule has 5 nitrogen and oxygen atoms in total. The molecule has 0 saturated carbocycles. The molecular formula is C14H20O5S. The predicted molar refractivity (Wildman–Crippen MR) is 76.1 cm³/mol. The smallest absolute Gasteiger partial charge is 0.338 e. The van der Waals surface area contributed by atoms with E-state index in [4.69, 9.17) is 9.99 Å². The van der Waals surface area contributed by atoms with Crippen molar-refractivity contribution < 1.29 is 24.2 Å². The predicted octanol–water partition coefficient (Wildman–Crippen LogP) is 4.10. The first-order chi connectivity index (χ1) is 9.67. The quantitative estimate of drug-likeness (QED) is 0.320. The van der Waals surface area contributed by atoms with Gasteiger partial charge in [-0.05, 0) is 36.6 Å². The maximum atomic E-state index is 11.8. The fourth-order valence-electron chi connectivity index (χ4n) is 1.64. The van der Waals surface area contributed by atoms with Crippen LogP contribution < -0.4 is 0 Å². The Kier molecular flexibility index (Phi) is 8.29. The lowest BCUT2D eigenvalue weighted by Gasteiger charge is -2.11. The molecule has 112 valence electrons. The normalized spacial score (nSPS) is 12.2. The lowest BCUT2D eigenvalue weighted by Crippen LogP contribution is -2.12. The molecule has 20 heavy (non-hydrogen) atoms. The van der Waals surface area contributed by atoms with Crippen molar-refractivity contribution in [3.8, 4) is 0 Å². The van der Waals surface area contributed by atoms with Crippen molar-refractivity contribution >= 4 is 18.0 Å². The number of rotatable bonds is 9. The number of hydrogen-bond donors (Lipinski definition) is 1. The zero-order valence-electron chi connectivity index (χ0n) is 11.7. The molecule has 1 unspecified atom stereocenters. The number of unbranched alkanes of at least 4 members (excludes halogenated alkanes) is 1. The van der Waals surface area contributed by atoms with Crippen LogP contribution in [-0.4, -0.2) is 17.8 Å². The van der Waals surface area contributed by atoms with E-state index < -0.39 is 0 Å². The largest absolute Gasteiger partial charge is 0.462 e. The summed E-state index contributed by atoms with van der Waals surface area (Å²) in [5.74, 6) is 0.0491. The fourth-order valence-corrected chi connectivity index (χ4v) is 1.99. The van der Waals surface area contributed by atoms with Crippen molar-refractivity contribution in [2.45, 2.75) is 38.0 Å². The molecule has 0 heterocycles. The molecule has 0 saturated heterocycles. The van der Waals surface area contributed by atoms with E-state index in [1.165, 1.54) is 0 Å². The lowest BCUT2D eigenvalue weighted by molar-refractivity contribution is -0.432. The molecule has 6 heteroatoms. The molecule has 0 spiro atoms. The van der Waals surface area contributed by atoms with Crippen LogP contribution in [0.3, 0.4) is 0 Å². The van der Waals surface area contributed by atoms with Crippen LogP contribution >= 0.6 is 12.0 Å². The highest BCUT2D eigenvalue weighted by Gasteiger charge is 2.10. The van der Waals surface area contributed by atoms with Crippen LogP contribution in [0.25, 0.3) is 0 Å². The minimum atomic E-state index is -0.329. The van der Waals surface area contributed by atoms with Gasteiger partial charge in [-0.1, -0.05) is 31.7 Å². The summed E-state index contributed by atoms with van der Waals surface area (Å²) in [6.45, 7) is 4.66. The molecule has 1 atom stereocenters. The summed E-state index contributed by atoms with van der Waals surface area (Å²) in [6, 6.07) is 6.64. The highest BCUT2D eigenvalue weighted by atomic mass is 32.2. The zero-order valence-corrected chi connectivity index (χ0v) is 12.5. The highest BCUT2D eigenvalue weighted by Crippen LogP contribution is 2.19. The molecule has 0 radical (unpaired) electrons. The lowest BCUT2D eigenvalue weighted by atomic mass is 10.1. The Bertz CT molecular complexity index is 393. The maximum Gasteiger partial charge on any atom is 0.338 e. The molecule has 0 aliphatic heterocycles. The van der Waals surface area contributed by atoms with Gasteiger partial charge in [-0.2, -0.15) is 0 Å². The molecule has 1 aromatic rings. The van der Waals surface area contributed by atoms with Gasteiger partial charge < -0.3 is 4.74 Å². The highest BCUT2D eigenvalue weighted by molar-refractivity contribution is 7.94. The second-order valence-corrected chi connectivity index (χ2v) is 5.37. The Balaban J connectivity index is 2.39. The molecule has 1 aromatic carbocycles. The van der Waals surface area contributed by atoms with Crippen LogP contribution in [-0.2, 0) is 14.1 Å². The average molecular weight is 300 g/mol. The molecular weight excluding hydrogens is 280 g/mol. The number of esters is 1. The van der Waals surface area contributed by atoms with Crippen molar-refractivity contribution in [1.29, 1.82) is 0 Å². The maximum absolute atomic E-state index is 11.8. The van der Waals surface area contributed by atoms with E-state index in [9.17, 15) is 4.79 Å². The van der Waals surface area contributed by atoms with Crippen molar-refractivity contribution in [3.05, 3.63) is 29.8 Å². The monoisotopic (exact) mass is 300 g/mol. The van der Waals surface area contributed by atoms with E-state index in [0.29, 0.717) is 23.0 Å². The molecule has 1 rings (SSSR count). The number of carbonyl (C=O) groups excluding carboxylic acids is 1. The summed E-state index contributed by atoms with van der Waals surface area (Å²) in [4.78, 5) is 12.5. The molecule has 0 fully saturated rings. The van der Waals surface area contributed by atoms with E-state index in [-0.39, 0.29) is 5.97 Å². The topological polar surface area (TPSA) is 65.0 Å². The van der Waals surface area contributed by atoms with Crippen LogP contribution in [0.4, 0.5) is 0 Å². The first kappa shape index (κ1) is 17.0. The third-order valence-electron chi connectivity index (χ3n) is 2.80. The third kappa shape index (κ3) is 6.38. The van der Waals surface area contributed by atoms with Gasteiger partial charge in [-0.3, -0.25) is 0 Å². The van der Waals surface area contributed by atoms with Crippen LogP contribution in [0.1, 0.15) is 43.5 Å². The van der Waals surface area contributed by atoms with E-state index in [0.717, 1.165) is 31.3 Å². The minimum absolute atomic E-state index is 0.329. The van der Waals surface area contributed by atoms with Gasteiger partial charge in [0.05, 0.1) is 24.2 Å². The molecule has 0 aromatic heterocycles. The van der Waals surface area contributed by atoms with Gasteiger partial charge in [0.15, 0.2) is 0 Å². The summed E-state index contributed by atoms with van der Waals surface area (Å²) in [7, 11) is 0. The minimum Gasteiger partial charge on any atom is -0.462 e. The van der Waals surface area contributed by atoms with Crippen molar-refractivity contribution in [2.75, 3.05) is 6.61 Å². The Morgan fingerprint density at radius 1 is 1.35 bits per heavy atom. The fraction of sp³-hybridized carbons (Fsp3) is 0.500. The molecule has 0 aliphatic carbocycles. The van der Waals surface area contributed by atoms with E-state index in [2.05, 4.69) is 23.2 Å². The molecule has 1 N–H and O–H groups in total. The second-order valence-electron chi connectivity index (χ2n) is 4.60. The molecule has 0 aliphatic rings. The number of hydrogen-bond acceptors (Lipinski definition) is 6. The standard InChI is InChI=1S/C14H20O5S/c1-3-4-5-11(2)10-17-14(15)12-6-8-13(9-7-12)20-19-18-16/h6-9,11,16H,3-5,10H2,1-2H3.